The first-order chi connectivity index (χ1) is 8.61. The molecule has 1 atom stereocenters. The van der Waals surface area contributed by atoms with Crippen molar-refractivity contribution < 1.29 is 9.84 Å². The van der Waals surface area contributed by atoms with Crippen LogP contribution >= 0.6 is 23.2 Å². The molecule has 0 fully saturated rings. The molecule has 0 saturated heterocycles. The average Bonchev–Trinajstić information content (AvgIpc) is 2.38. The summed E-state index contributed by atoms with van der Waals surface area (Å²) in [4.78, 5) is 4.05. The van der Waals surface area contributed by atoms with E-state index in [2.05, 4.69) is 4.98 Å². The molecule has 0 amide bonds. The normalized spacial score (nSPS) is 12.2. The largest absolute Gasteiger partial charge is 0.497 e. The Bertz CT molecular complexity index is 560. The minimum atomic E-state index is -0.912. The molecule has 5 heteroatoms. The molecule has 0 saturated carbocycles. The molecule has 0 aliphatic carbocycles. The highest BCUT2D eigenvalue weighted by molar-refractivity contribution is 6.34. The van der Waals surface area contributed by atoms with Crippen LogP contribution in [0.5, 0.6) is 5.75 Å². The van der Waals surface area contributed by atoms with Crippen LogP contribution in [-0.4, -0.2) is 17.2 Å². The fourth-order valence-electron chi connectivity index (χ4n) is 1.60. The minimum absolute atomic E-state index is 0.331. The maximum Gasteiger partial charge on any atom is 0.123 e. The zero-order chi connectivity index (χ0) is 13.1. The summed E-state index contributed by atoms with van der Waals surface area (Å²) in [6.45, 7) is 0. The molecule has 0 aliphatic rings. The monoisotopic (exact) mass is 283 g/mol. The van der Waals surface area contributed by atoms with Gasteiger partial charge in [0.25, 0.3) is 0 Å². The second-order valence-corrected chi connectivity index (χ2v) is 4.54. The fraction of sp³-hybridized carbons (Fsp3) is 0.154. The van der Waals surface area contributed by atoms with Gasteiger partial charge in [0.15, 0.2) is 0 Å². The van der Waals surface area contributed by atoms with Crippen molar-refractivity contribution in [1.82, 2.24) is 4.98 Å². The second-order valence-electron chi connectivity index (χ2n) is 3.70. The molecule has 1 aromatic carbocycles. The number of benzene rings is 1. The number of methoxy groups -OCH3 is 1. The van der Waals surface area contributed by atoms with Gasteiger partial charge in [0, 0.05) is 6.20 Å². The van der Waals surface area contributed by atoms with Gasteiger partial charge < -0.3 is 9.84 Å². The van der Waals surface area contributed by atoms with Crippen LogP contribution in [0.15, 0.2) is 36.5 Å². The molecule has 1 heterocycles. The van der Waals surface area contributed by atoms with E-state index < -0.39 is 6.10 Å². The van der Waals surface area contributed by atoms with E-state index in [0.29, 0.717) is 27.1 Å². The number of aliphatic hydroxyl groups is 1. The van der Waals surface area contributed by atoms with E-state index >= 15 is 0 Å². The number of nitrogens with zero attached hydrogens (tertiary/aromatic N) is 1. The summed E-state index contributed by atoms with van der Waals surface area (Å²) in [5, 5.41) is 11.0. The number of aliphatic hydroxyl groups excluding tert-OH is 1. The van der Waals surface area contributed by atoms with Crippen LogP contribution in [0.4, 0.5) is 0 Å². The Morgan fingerprint density at radius 3 is 2.72 bits per heavy atom. The quantitative estimate of drug-likeness (QED) is 0.938. The highest BCUT2D eigenvalue weighted by atomic mass is 35.5. The van der Waals surface area contributed by atoms with Crippen molar-refractivity contribution in [3.05, 3.63) is 57.8 Å². The van der Waals surface area contributed by atoms with E-state index in [0.717, 1.165) is 0 Å². The van der Waals surface area contributed by atoms with Crippen molar-refractivity contribution in [3.63, 3.8) is 0 Å². The summed E-state index contributed by atoms with van der Waals surface area (Å²) >= 11 is 11.8. The maximum absolute atomic E-state index is 10.2. The summed E-state index contributed by atoms with van der Waals surface area (Å²) in [5.74, 6) is 0.664. The van der Waals surface area contributed by atoms with Crippen LogP contribution in [0.25, 0.3) is 0 Å². The Kier molecular flexibility index (Phi) is 4.07. The zero-order valence-corrected chi connectivity index (χ0v) is 11.1. The number of ether oxygens (including phenoxy) is 1. The Balaban J connectivity index is 2.37. The van der Waals surface area contributed by atoms with Crippen molar-refractivity contribution in [2.24, 2.45) is 0 Å². The van der Waals surface area contributed by atoms with E-state index in [1.807, 2.05) is 0 Å². The van der Waals surface area contributed by atoms with Gasteiger partial charge in [-0.25, -0.2) is 0 Å². The van der Waals surface area contributed by atoms with Crippen LogP contribution in [0.3, 0.4) is 0 Å². The van der Waals surface area contributed by atoms with Crippen molar-refractivity contribution in [2.45, 2.75) is 6.10 Å². The summed E-state index contributed by atoms with van der Waals surface area (Å²) in [6.07, 6.45) is 0.538. The molecule has 0 bridgehead atoms. The van der Waals surface area contributed by atoms with Gasteiger partial charge in [-0.15, -0.1) is 0 Å². The summed E-state index contributed by atoms with van der Waals surface area (Å²) in [5.41, 5.74) is 1.03. The van der Waals surface area contributed by atoms with Crippen LogP contribution < -0.4 is 4.74 Å². The molecule has 0 spiro atoms. The maximum atomic E-state index is 10.2. The van der Waals surface area contributed by atoms with Gasteiger partial charge in [-0.2, -0.15) is 0 Å². The van der Waals surface area contributed by atoms with E-state index in [9.17, 15) is 5.11 Å². The first-order valence-corrected chi connectivity index (χ1v) is 6.00. The Morgan fingerprint density at radius 2 is 2.06 bits per heavy atom. The molecule has 0 aliphatic heterocycles. The van der Waals surface area contributed by atoms with E-state index in [1.54, 1.807) is 37.4 Å². The van der Waals surface area contributed by atoms with Crippen molar-refractivity contribution in [3.8, 4) is 5.75 Å². The number of rotatable bonds is 3. The van der Waals surface area contributed by atoms with Crippen LogP contribution in [-0.2, 0) is 0 Å². The lowest BCUT2D eigenvalue weighted by molar-refractivity contribution is 0.215. The molecule has 2 rings (SSSR count). The lowest BCUT2D eigenvalue weighted by atomic mass is 10.1. The predicted octanol–water partition coefficient (Wildman–Crippen LogP) is 3.48. The number of hydrogen-bond acceptors (Lipinski definition) is 3. The van der Waals surface area contributed by atoms with Gasteiger partial charge in [0.05, 0.1) is 22.8 Å². The van der Waals surface area contributed by atoms with Crippen molar-refractivity contribution in [2.75, 3.05) is 7.11 Å². The zero-order valence-electron chi connectivity index (χ0n) is 9.60. The first-order valence-electron chi connectivity index (χ1n) is 5.25. The topological polar surface area (TPSA) is 42.4 Å². The minimum Gasteiger partial charge on any atom is -0.497 e. The van der Waals surface area contributed by atoms with Crippen LogP contribution in [0, 0.1) is 0 Å². The van der Waals surface area contributed by atoms with Gasteiger partial charge in [-0.1, -0.05) is 35.3 Å². The van der Waals surface area contributed by atoms with E-state index in [1.165, 1.54) is 6.20 Å². The number of hydrogen-bond donors (Lipinski definition) is 1. The van der Waals surface area contributed by atoms with Gasteiger partial charge in [-0.05, 0) is 23.8 Å². The second kappa shape index (κ2) is 5.57. The molecule has 3 nitrogen and oxygen atoms in total. The standard InChI is InChI=1S/C13H11Cl2NO2/c1-18-10-4-2-3-8(5-10)13(17)12-11(15)6-9(14)7-16-12/h2-7,13,17H,1H3. The lowest BCUT2D eigenvalue weighted by Crippen LogP contribution is -2.03. The first kappa shape index (κ1) is 13.1. The number of pyridine rings is 1. The predicted molar refractivity (Wildman–Crippen MR) is 71.3 cm³/mol. The fourth-order valence-corrected chi connectivity index (χ4v) is 2.08. The molecule has 94 valence electrons. The Morgan fingerprint density at radius 1 is 1.28 bits per heavy atom. The van der Waals surface area contributed by atoms with Crippen LogP contribution in [0.1, 0.15) is 17.4 Å². The van der Waals surface area contributed by atoms with Gasteiger partial charge in [0.2, 0.25) is 0 Å². The van der Waals surface area contributed by atoms with Gasteiger partial charge in [-0.3, -0.25) is 4.98 Å². The molecule has 2 aromatic rings. The summed E-state index contributed by atoms with van der Waals surface area (Å²) < 4.78 is 5.10. The average molecular weight is 284 g/mol. The van der Waals surface area contributed by atoms with E-state index in [-0.39, 0.29) is 0 Å². The molecular weight excluding hydrogens is 273 g/mol. The number of aromatic nitrogens is 1. The Hall–Kier alpha value is -1.29. The highest BCUT2D eigenvalue weighted by Gasteiger charge is 2.16. The lowest BCUT2D eigenvalue weighted by Gasteiger charge is -2.13. The smallest absolute Gasteiger partial charge is 0.123 e. The highest BCUT2D eigenvalue weighted by Crippen LogP contribution is 2.29. The van der Waals surface area contributed by atoms with Gasteiger partial charge >= 0.3 is 0 Å². The molecule has 1 aromatic heterocycles. The molecule has 1 N–H and O–H groups in total. The summed E-state index contributed by atoms with van der Waals surface area (Å²) in [7, 11) is 1.57. The van der Waals surface area contributed by atoms with Gasteiger partial charge in [0.1, 0.15) is 11.9 Å². The van der Waals surface area contributed by atoms with E-state index in [4.69, 9.17) is 27.9 Å². The third kappa shape index (κ3) is 2.75. The third-order valence-electron chi connectivity index (χ3n) is 2.50. The summed E-state index contributed by atoms with van der Waals surface area (Å²) in [6, 6.07) is 8.65. The van der Waals surface area contributed by atoms with Crippen molar-refractivity contribution >= 4 is 23.2 Å². The molecular formula is C13H11Cl2NO2. The van der Waals surface area contributed by atoms with Crippen molar-refractivity contribution in [1.29, 1.82) is 0 Å². The third-order valence-corrected chi connectivity index (χ3v) is 3.01. The number of halogens is 2. The molecule has 0 radical (unpaired) electrons. The molecule has 1 unspecified atom stereocenters. The van der Waals surface area contributed by atoms with Crippen LogP contribution in [0.2, 0.25) is 10.0 Å². The molecule has 18 heavy (non-hydrogen) atoms. The SMILES string of the molecule is COc1cccc(C(O)c2ncc(Cl)cc2Cl)c1. The Labute approximate surface area is 115 Å².